The molecule has 0 saturated carbocycles. The van der Waals surface area contributed by atoms with Crippen LogP contribution in [0.1, 0.15) is 33.6 Å². The molecule has 0 bridgehead atoms. The summed E-state index contributed by atoms with van der Waals surface area (Å²) in [6.45, 7) is 1.68. The highest BCUT2D eigenvalue weighted by Crippen LogP contribution is 2.46. The summed E-state index contributed by atoms with van der Waals surface area (Å²) in [5.74, 6) is -0.594. The van der Waals surface area contributed by atoms with Crippen LogP contribution >= 0.6 is 11.3 Å². The number of anilines is 1. The Hall–Kier alpha value is -3.06. The fourth-order valence-electron chi connectivity index (χ4n) is 4.99. The molecule has 4 rings (SSSR count). The van der Waals surface area contributed by atoms with Crippen molar-refractivity contribution in [2.45, 2.75) is 19.0 Å². The predicted octanol–water partition coefficient (Wildman–Crippen LogP) is 3.74. The second-order valence-corrected chi connectivity index (χ2v) is 9.47. The van der Waals surface area contributed by atoms with Gasteiger partial charge in [-0.05, 0) is 42.5 Å². The minimum absolute atomic E-state index is 0.0971. The number of thiophene rings is 1. The van der Waals surface area contributed by atoms with Crippen LogP contribution in [0.4, 0.5) is 18.9 Å². The van der Waals surface area contributed by atoms with Gasteiger partial charge >= 0.3 is 6.18 Å². The van der Waals surface area contributed by atoms with Crippen LogP contribution in [0.2, 0.25) is 0 Å². The van der Waals surface area contributed by atoms with E-state index in [0.717, 1.165) is 6.07 Å². The number of hydrogen-bond acceptors (Lipinski definition) is 5. The minimum Gasteiger partial charge on any atom is -0.371 e. The molecule has 1 unspecified atom stereocenters. The number of amides is 2. The molecule has 1 aromatic carbocycles. The van der Waals surface area contributed by atoms with Crippen molar-refractivity contribution in [3.8, 4) is 6.07 Å². The predicted molar refractivity (Wildman–Crippen MR) is 118 cm³/mol. The Labute approximate surface area is 193 Å². The molecular weight excluding hydrogens is 453 g/mol. The SMILES string of the molecule is CNC(=O)C1CN(C(=O)c2cccs2)CC12CCN(c1ccc(C#N)c(C(F)(F)F)c1)CC2. The van der Waals surface area contributed by atoms with E-state index in [1.807, 2.05) is 16.3 Å². The third-order valence-electron chi connectivity index (χ3n) is 6.78. The number of nitrogens with one attached hydrogen (secondary N) is 1. The van der Waals surface area contributed by atoms with Gasteiger partial charge in [0.05, 0.1) is 28.0 Å². The molecule has 2 saturated heterocycles. The molecule has 1 atom stereocenters. The van der Waals surface area contributed by atoms with Crippen LogP contribution in [-0.4, -0.2) is 49.9 Å². The van der Waals surface area contributed by atoms with Crippen molar-refractivity contribution < 1.29 is 22.8 Å². The molecule has 10 heteroatoms. The second kappa shape index (κ2) is 8.71. The monoisotopic (exact) mass is 476 g/mol. The zero-order valence-electron chi connectivity index (χ0n) is 18.0. The van der Waals surface area contributed by atoms with Crippen LogP contribution in [0.15, 0.2) is 35.7 Å². The number of nitrogens with zero attached hydrogens (tertiary/aromatic N) is 3. The van der Waals surface area contributed by atoms with Crippen LogP contribution in [0.5, 0.6) is 0 Å². The number of alkyl halides is 3. The average Bonchev–Trinajstić information content (AvgIpc) is 3.47. The normalized spacial score (nSPS) is 20.0. The lowest BCUT2D eigenvalue weighted by Crippen LogP contribution is -2.48. The summed E-state index contributed by atoms with van der Waals surface area (Å²) < 4.78 is 40.2. The van der Waals surface area contributed by atoms with Gasteiger partial charge in [0.15, 0.2) is 0 Å². The number of halogens is 3. The van der Waals surface area contributed by atoms with Crippen LogP contribution in [0, 0.1) is 22.7 Å². The highest BCUT2D eigenvalue weighted by atomic mass is 32.1. The number of nitriles is 1. The third kappa shape index (κ3) is 4.29. The Kier molecular flexibility index (Phi) is 6.10. The molecule has 1 aromatic heterocycles. The average molecular weight is 477 g/mol. The van der Waals surface area contributed by atoms with Crippen molar-refractivity contribution in [2.75, 3.05) is 38.1 Å². The van der Waals surface area contributed by atoms with Gasteiger partial charge in [-0.25, -0.2) is 0 Å². The molecule has 174 valence electrons. The first kappa shape index (κ1) is 23.1. The highest BCUT2D eigenvalue weighted by Gasteiger charge is 2.52. The maximum atomic E-state index is 13.4. The summed E-state index contributed by atoms with van der Waals surface area (Å²) in [7, 11) is 1.57. The lowest BCUT2D eigenvalue weighted by Gasteiger charge is -2.43. The molecule has 0 radical (unpaired) electrons. The van der Waals surface area contributed by atoms with Crippen molar-refractivity contribution in [1.82, 2.24) is 10.2 Å². The van der Waals surface area contributed by atoms with Crippen molar-refractivity contribution in [3.63, 3.8) is 0 Å². The number of carbonyl (C=O) groups is 2. The zero-order valence-corrected chi connectivity index (χ0v) is 18.8. The molecule has 2 aliphatic heterocycles. The van der Waals surface area contributed by atoms with Crippen molar-refractivity contribution in [2.24, 2.45) is 11.3 Å². The molecule has 1 N–H and O–H groups in total. The molecule has 2 amide bonds. The number of carbonyl (C=O) groups excluding carboxylic acids is 2. The van der Waals surface area contributed by atoms with Gasteiger partial charge in [-0.3, -0.25) is 9.59 Å². The fourth-order valence-corrected chi connectivity index (χ4v) is 5.68. The molecule has 6 nitrogen and oxygen atoms in total. The second-order valence-electron chi connectivity index (χ2n) is 8.52. The van der Waals surface area contributed by atoms with Gasteiger partial charge in [0, 0.05) is 44.3 Å². The minimum atomic E-state index is -4.61. The number of benzene rings is 1. The van der Waals surface area contributed by atoms with E-state index in [2.05, 4.69) is 5.32 Å². The lowest BCUT2D eigenvalue weighted by atomic mass is 9.70. The standard InChI is InChI=1S/C23H23F3N4O2S/c1-28-20(31)18-13-30(21(32)19-3-2-10-33-19)14-22(18)6-8-29(9-7-22)16-5-4-15(12-27)17(11-16)23(24,25)26/h2-5,10-11,18H,6-9,13-14H2,1H3,(H,28,31). The lowest BCUT2D eigenvalue weighted by molar-refractivity contribution is -0.137. The largest absolute Gasteiger partial charge is 0.417 e. The molecule has 3 heterocycles. The molecular formula is C23H23F3N4O2S. The van der Waals surface area contributed by atoms with Crippen LogP contribution in [0.25, 0.3) is 0 Å². The van der Waals surface area contributed by atoms with E-state index in [4.69, 9.17) is 5.26 Å². The van der Waals surface area contributed by atoms with Gasteiger partial charge in [-0.15, -0.1) is 11.3 Å². The first-order valence-corrected chi connectivity index (χ1v) is 11.5. The summed E-state index contributed by atoms with van der Waals surface area (Å²) in [5, 5.41) is 13.6. The summed E-state index contributed by atoms with van der Waals surface area (Å²) in [5.41, 5.74) is -1.38. The number of piperidine rings is 1. The first-order valence-electron chi connectivity index (χ1n) is 10.6. The van der Waals surface area contributed by atoms with Gasteiger partial charge in [-0.2, -0.15) is 18.4 Å². The van der Waals surface area contributed by atoms with Gasteiger partial charge < -0.3 is 15.1 Å². The number of rotatable bonds is 3. The van der Waals surface area contributed by atoms with Crippen LogP contribution < -0.4 is 10.2 Å². The van der Waals surface area contributed by atoms with E-state index >= 15 is 0 Å². The van der Waals surface area contributed by atoms with E-state index < -0.39 is 22.7 Å². The van der Waals surface area contributed by atoms with E-state index in [0.29, 0.717) is 49.6 Å². The maximum Gasteiger partial charge on any atom is 0.417 e. The van der Waals surface area contributed by atoms with Crippen LogP contribution in [0.3, 0.4) is 0 Å². The Morgan fingerprint density at radius 2 is 1.97 bits per heavy atom. The third-order valence-corrected chi connectivity index (χ3v) is 7.64. The van der Waals surface area contributed by atoms with E-state index in [1.165, 1.54) is 23.5 Å². The summed E-state index contributed by atoms with van der Waals surface area (Å²) in [4.78, 5) is 29.8. The summed E-state index contributed by atoms with van der Waals surface area (Å²) in [6.07, 6.45) is -3.47. The number of hydrogen-bond donors (Lipinski definition) is 1. The topological polar surface area (TPSA) is 76.4 Å². The summed E-state index contributed by atoms with van der Waals surface area (Å²) in [6, 6.07) is 8.93. The smallest absolute Gasteiger partial charge is 0.371 e. The van der Waals surface area contributed by atoms with Gasteiger partial charge in [0.1, 0.15) is 0 Å². The van der Waals surface area contributed by atoms with Crippen LogP contribution in [-0.2, 0) is 11.0 Å². The zero-order chi connectivity index (χ0) is 23.8. The molecule has 2 aliphatic rings. The first-order chi connectivity index (χ1) is 15.7. The fraction of sp³-hybridized carbons (Fsp3) is 0.435. The Bertz CT molecular complexity index is 1090. The molecule has 33 heavy (non-hydrogen) atoms. The van der Waals surface area contributed by atoms with Gasteiger partial charge in [0.25, 0.3) is 5.91 Å². The molecule has 1 spiro atoms. The van der Waals surface area contributed by atoms with E-state index in [1.54, 1.807) is 24.1 Å². The van der Waals surface area contributed by atoms with Gasteiger partial charge in [0.2, 0.25) is 5.91 Å². The quantitative estimate of drug-likeness (QED) is 0.732. The van der Waals surface area contributed by atoms with E-state index in [9.17, 15) is 22.8 Å². The molecule has 2 fully saturated rings. The Morgan fingerprint density at radius 1 is 1.24 bits per heavy atom. The van der Waals surface area contributed by atoms with Crippen molar-refractivity contribution in [3.05, 3.63) is 51.7 Å². The van der Waals surface area contributed by atoms with Crippen molar-refractivity contribution in [1.29, 1.82) is 5.26 Å². The van der Waals surface area contributed by atoms with Gasteiger partial charge in [-0.1, -0.05) is 6.07 Å². The van der Waals surface area contributed by atoms with Crippen molar-refractivity contribution >= 4 is 28.8 Å². The Balaban J connectivity index is 1.55. The molecule has 2 aromatic rings. The highest BCUT2D eigenvalue weighted by molar-refractivity contribution is 7.12. The number of likely N-dealkylation sites (tertiary alicyclic amines) is 1. The maximum absolute atomic E-state index is 13.4. The Morgan fingerprint density at radius 3 is 2.55 bits per heavy atom. The van der Waals surface area contributed by atoms with E-state index in [-0.39, 0.29) is 17.7 Å². The molecule has 0 aliphatic carbocycles. The summed E-state index contributed by atoms with van der Waals surface area (Å²) >= 11 is 1.36.